The van der Waals surface area contributed by atoms with Gasteiger partial charge in [0.25, 0.3) is 0 Å². The summed E-state index contributed by atoms with van der Waals surface area (Å²) in [5.74, 6) is 0.870. The Kier molecular flexibility index (Phi) is 2.42. The smallest absolute Gasteiger partial charge is 0.147 e. The van der Waals surface area contributed by atoms with E-state index in [9.17, 15) is 0 Å². The second-order valence-corrected chi connectivity index (χ2v) is 3.48. The minimum atomic E-state index is 0.131. The lowest BCUT2D eigenvalue weighted by molar-refractivity contribution is 0.311. The molecule has 0 spiro atoms. The van der Waals surface area contributed by atoms with Crippen LogP contribution < -0.4 is 5.32 Å². The largest absolute Gasteiger partial charge is 0.395 e. The minimum absolute atomic E-state index is 0.131. The fraction of sp³-hybridized carbons (Fsp3) is 0.222. The molecule has 0 radical (unpaired) electrons. The second kappa shape index (κ2) is 3.72. The quantitative estimate of drug-likeness (QED) is 0.781. The second-order valence-electron chi connectivity index (χ2n) is 2.68. The van der Waals surface area contributed by atoms with Gasteiger partial charge in [-0.2, -0.15) is 4.37 Å². The highest BCUT2D eigenvalue weighted by Gasteiger charge is 2.02. The van der Waals surface area contributed by atoms with Crippen molar-refractivity contribution >= 4 is 27.4 Å². The van der Waals surface area contributed by atoms with Crippen LogP contribution in [0.5, 0.6) is 0 Å². The van der Waals surface area contributed by atoms with Crippen LogP contribution in [0.25, 0.3) is 10.1 Å². The number of anilines is 1. The zero-order chi connectivity index (χ0) is 9.10. The van der Waals surface area contributed by atoms with E-state index in [1.165, 1.54) is 16.2 Å². The van der Waals surface area contributed by atoms with E-state index < -0.39 is 0 Å². The molecule has 68 valence electrons. The van der Waals surface area contributed by atoms with Gasteiger partial charge in [0, 0.05) is 11.9 Å². The number of fused-ring (bicyclic) bond motifs is 1. The van der Waals surface area contributed by atoms with Gasteiger partial charge < -0.3 is 10.4 Å². The molecule has 0 aliphatic carbocycles. The molecule has 2 aromatic rings. The third kappa shape index (κ3) is 1.64. The first kappa shape index (κ1) is 8.47. The highest BCUT2D eigenvalue weighted by Crippen LogP contribution is 2.25. The first-order valence-corrected chi connectivity index (χ1v) is 4.88. The fourth-order valence-electron chi connectivity index (χ4n) is 1.19. The Morgan fingerprint density at radius 2 is 2.23 bits per heavy atom. The molecule has 2 N–H and O–H groups in total. The van der Waals surface area contributed by atoms with Crippen molar-refractivity contribution < 1.29 is 5.11 Å². The van der Waals surface area contributed by atoms with Gasteiger partial charge >= 0.3 is 0 Å². The summed E-state index contributed by atoms with van der Waals surface area (Å²) < 4.78 is 5.42. The number of benzene rings is 1. The highest BCUT2D eigenvalue weighted by molar-refractivity contribution is 7.13. The van der Waals surface area contributed by atoms with E-state index in [1.807, 2.05) is 24.3 Å². The average Bonchev–Trinajstić information content (AvgIpc) is 2.58. The summed E-state index contributed by atoms with van der Waals surface area (Å²) >= 11 is 1.47. The molecule has 0 fully saturated rings. The summed E-state index contributed by atoms with van der Waals surface area (Å²) in [4.78, 5) is 0. The molecule has 0 amide bonds. The van der Waals surface area contributed by atoms with Gasteiger partial charge in [-0.15, -0.1) is 0 Å². The average molecular weight is 194 g/mol. The van der Waals surface area contributed by atoms with Crippen molar-refractivity contribution in [1.82, 2.24) is 4.37 Å². The molecule has 4 heteroatoms. The van der Waals surface area contributed by atoms with Crippen molar-refractivity contribution in [3.8, 4) is 0 Å². The molecule has 0 bridgehead atoms. The maximum absolute atomic E-state index is 8.65. The van der Waals surface area contributed by atoms with Gasteiger partial charge in [-0.25, -0.2) is 0 Å². The third-order valence-electron chi connectivity index (χ3n) is 1.78. The van der Waals surface area contributed by atoms with Gasteiger partial charge in [-0.1, -0.05) is 12.1 Å². The Morgan fingerprint density at radius 3 is 3.08 bits per heavy atom. The molecule has 2 rings (SSSR count). The molecule has 1 aromatic heterocycles. The number of rotatable bonds is 3. The molecule has 0 unspecified atom stereocenters. The number of hydrogen-bond acceptors (Lipinski definition) is 4. The van der Waals surface area contributed by atoms with E-state index in [-0.39, 0.29) is 6.61 Å². The SMILES string of the molecule is OCCNc1nsc2ccccc12. The van der Waals surface area contributed by atoms with Crippen LogP contribution in [0.3, 0.4) is 0 Å². The molecule has 1 heterocycles. The molecule has 0 aliphatic heterocycles. The van der Waals surface area contributed by atoms with Crippen LogP contribution in [0, 0.1) is 0 Å². The Balaban J connectivity index is 2.35. The van der Waals surface area contributed by atoms with Crippen LogP contribution in [0.4, 0.5) is 5.82 Å². The molecule has 0 saturated heterocycles. The molecule has 0 atom stereocenters. The Morgan fingerprint density at radius 1 is 1.38 bits per heavy atom. The summed E-state index contributed by atoms with van der Waals surface area (Å²) in [7, 11) is 0. The van der Waals surface area contributed by atoms with Crippen LogP contribution in [0.15, 0.2) is 24.3 Å². The standard InChI is InChI=1S/C9H10N2OS/c12-6-5-10-9-7-3-1-2-4-8(7)13-11-9/h1-4,12H,5-6H2,(H,10,11). The van der Waals surface area contributed by atoms with Crippen molar-refractivity contribution in [2.24, 2.45) is 0 Å². The van der Waals surface area contributed by atoms with E-state index in [0.717, 1.165) is 11.2 Å². The van der Waals surface area contributed by atoms with E-state index >= 15 is 0 Å². The Labute approximate surface area is 80.2 Å². The van der Waals surface area contributed by atoms with Gasteiger partial charge in [-0.3, -0.25) is 0 Å². The van der Waals surface area contributed by atoms with Crippen LogP contribution >= 0.6 is 11.5 Å². The van der Waals surface area contributed by atoms with Gasteiger partial charge in [0.15, 0.2) is 0 Å². The predicted octanol–water partition coefficient (Wildman–Crippen LogP) is 1.70. The van der Waals surface area contributed by atoms with E-state index in [2.05, 4.69) is 9.69 Å². The zero-order valence-corrected chi connectivity index (χ0v) is 7.84. The molecule has 3 nitrogen and oxygen atoms in total. The van der Waals surface area contributed by atoms with Gasteiger partial charge in [0.2, 0.25) is 0 Å². The zero-order valence-electron chi connectivity index (χ0n) is 7.03. The van der Waals surface area contributed by atoms with Gasteiger partial charge in [0.1, 0.15) is 5.82 Å². The predicted molar refractivity (Wildman–Crippen MR) is 55.2 cm³/mol. The lowest BCUT2D eigenvalue weighted by Gasteiger charge is -1.99. The van der Waals surface area contributed by atoms with Crippen LogP contribution in [0.1, 0.15) is 0 Å². The van der Waals surface area contributed by atoms with Crippen molar-refractivity contribution in [3.63, 3.8) is 0 Å². The number of aliphatic hydroxyl groups excluding tert-OH is 1. The van der Waals surface area contributed by atoms with Gasteiger partial charge in [-0.05, 0) is 23.7 Å². The number of aromatic nitrogens is 1. The van der Waals surface area contributed by atoms with Crippen LogP contribution in [0.2, 0.25) is 0 Å². The summed E-state index contributed by atoms with van der Waals surface area (Å²) in [6, 6.07) is 8.05. The topological polar surface area (TPSA) is 45.1 Å². The number of aliphatic hydroxyl groups is 1. The maximum Gasteiger partial charge on any atom is 0.147 e. The number of nitrogens with zero attached hydrogens (tertiary/aromatic N) is 1. The summed E-state index contributed by atoms with van der Waals surface area (Å²) in [5, 5.41) is 12.8. The highest BCUT2D eigenvalue weighted by atomic mass is 32.1. The monoisotopic (exact) mass is 194 g/mol. The Bertz CT molecular complexity index is 399. The van der Waals surface area contributed by atoms with E-state index in [0.29, 0.717) is 6.54 Å². The number of nitrogens with one attached hydrogen (secondary N) is 1. The molecular weight excluding hydrogens is 184 g/mol. The van der Waals surface area contributed by atoms with E-state index in [1.54, 1.807) is 0 Å². The van der Waals surface area contributed by atoms with Crippen molar-refractivity contribution in [2.45, 2.75) is 0 Å². The van der Waals surface area contributed by atoms with Crippen LogP contribution in [-0.2, 0) is 0 Å². The maximum atomic E-state index is 8.65. The lowest BCUT2D eigenvalue weighted by Crippen LogP contribution is -2.05. The summed E-state index contributed by atoms with van der Waals surface area (Å²) in [6.07, 6.45) is 0. The van der Waals surface area contributed by atoms with Crippen molar-refractivity contribution in [1.29, 1.82) is 0 Å². The normalized spacial score (nSPS) is 10.5. The lowest BCUT2D eigenvalue weighted by atomic mass is 10.2. The molecule has 0 saturated carbocycles. The Hall–Kier alpha value is -1.13. The first-order valence-electron chi connectivity index (χ1n) is 4.11. The van der Waals surface area contributed by atoms with Crippen molar-refractivity contribution in [2.75, 3.05) is 18.5 Å². The van der Waals surface area contributed by atoms with Crippen LogP contribution in [-0.4, -0.2) is 22.6 Å². The molecule has 0 aliphatic rings. The summed E-state index contributed by atoms with van der Waals surface area (Å²) in [5.41, 5.74) is 0. The third-order valence-corrected chi connectivity index (χ3v) is 2.61. The van der Waals surface area contributed by atoms with Gasteiger partial charge in [0.05, 0.1) is 11.3 Å². The molecule has 1 aromatic carbocycles. The summed E-state index contributed by atoms with van der Waals surface area (Å²) in [6.45, 7) is 0.680. The fourth-order valence-corrected chi connectivity index (χ4v) is 1.94. The molecular formula is C9H10N2OS. The van der Waals surface area contributed by atoms with E-state index in [4.69, 9.17) is 5.11 Å². The first-order chi connectivity index (χ1) is 6.42. The minimum Gasteiger partial charge on any atom is -0.395 e. The number of hydrogen-bond donors (Lipinski definition) is 2. The molecule has 13 heavy (non-hydrogen) atoms. The van der Waals surface area contributed by atoms with Crippen molar-refractivity contribution in [3.05, 3.63) is 24.3 Å².